The van der Waals surface area contributed by atoms with Crippen LogP contribution in [0.2, 0.25) is 0 Å². The Morgan fingerprint density at radius 2 is 1.63 bits per heavy atom. The van der Waals surface area contributed by atoms with Crippen LogP contribution in [0.4, 0.5) is 0 Å². The van der Waals surface area contributed by atoms with Crippen LogP contribution in [-0.2, 0) is 4.79 Å². The zero-order valence-electron chi connectivity index (χ0n) is 17.3. The van der Waals surface area contributed by atoms with Gasteiger partial charge in [-0.15, -0.1) is 0 Å². The highest BCUT2D eigenvalue weighted by Gasteiger charge is 2.23. The minimum atomic E-state index is -0.0612. The van der Waals surface area contributed by atoms with Gasteiger partial charge < -0.3 is 15.0 Å². The predicted molar refractivity (Wildman–Crippen MR) is 115 cm³/mol. The highest BCUT2D eigenvalue weighted by Crippen LogP contribution is 2.15. The van der Waals surface area contributed by atoms with Crippen molar-refractivity contribution in [3.8, 4) is 5.75 Å². The first-order valence-electron chi connectivity index (χ1n) is 10.4. The van der Waals surface area contributed by atoms with Crippen LogP contribution in [0.15, 0.2) is 54.6 Å². The van der Waals surface area contributed by atoms with Crippen LogP contribution in [0.3, 0.4) is 0 Å². The number of likely N-dealkylation sites (tertiary alicyclic amines) is 1. The molecule has 0 aromatic heterocycles. The Hall–Kier alpha value is -3.15. The summed E-state index contributed by atoms with van der Waals surface area (Å²) in [7, 11) is 0. The minimum Gasteiger partial charge on any atom is -0.494 e. The summed E-state index contributed by atoms with van der Waals surface area (Å²) in [6, 6.07) is 16.3. The molecule has 2 aromatic rings. The maximum atomic E-state index is 12.4. The van der Waals surface area contributed by atoms with E-state index in [1.165, 1.54) is 6.92 Å². The number of piperidine rings is 1. The van der Waals surface area contributed by atoms with Gasteiger partial charge >= 0.3 is 0 Å². The predicted octanol–water partition coefficient (Wildman–Crippen LogP) is 3.47. The molecule has 1 aliphatic rings. The molecule has 0 unspecified atom stereocenters. The third kappa shape index (κ3) is 6.17. The molecule has 1 N–H and O–H groups in total. The van der Waals surface area contributed by atoms with Crippen molar-refractivity contribution in [3.63, 3.8) is 0 Å². The summed E-state index contributed by atoms with van der Waals surface area (Å²) in [6.07, 6.45) is 2.61. The molecule has 1 aliphatic heterocycles. The summed E-state index contributed by atoms with van der Waals surface area (Å²) >= 11 is 0. The van der Waals surface area contributed by atoms with E-state index in [4.69, 9.17) is 4.74 Å². The van der Waals surface area contributed by atoms with E-state index in [-0.39, 0.29) is 23.6 Å². The first-order chi connectivity index (χ1) is 14.5. The van der Waals surface area contributed by atoms with Crippen LogP contribution in [0.1, 0.15) is 53.3 Å². The molecule has 2 amide bonds. The lowest BCUT2D eigenvalue weighted by Gasteiger charge is -2.32. The van der Waals surface area contributed by atoms with Crippen molar-refractivity contribution in [2.75, 3.05) is 19.7 Å². The zero-order chi connectivity index (χ0) is 21.3. The third-order valence-electron chi connectivity index (χ3n) is 5.28. The molecule has 1 saturated heterocycles. The van der Waals surface area contributed by atoms with E-state index in [0.717, 1.165) is 12.8 Å². The highest BCUT2D eigenvalue weighted by molar-refractivity contribution is 5.94. The quantitative estimate of drug-likeness (QED) is 0.536. The molecule has 0 radical (unpaired) electrons. The van der Waals surface area contributed by atoms with Crippen molar-refractivity contribution < 1.29 is 19.1 Å². The van der Waals surface area contributed by atoms with E-state index in [9.17, 15) is 14.4 Å². The molecule has 30 heavy (non-hydrogen) atoms. The maximum Gasteiger partial charge on any atom is 0.251 e. The summed E-state index contributed by atoms with van der Waals surface area (Å²) in [5.41, 5.74) is 1.31. The molecule has 2 aromatic carbocycles. The molecule has 0 bridgehead atoms. The van der Waals surface area contributed by atoms with E-state index >= 15 is 0 Å². The Morgan fingerprint density at radius 3 is 2.27 bits per heavy atom. The van der Waals surface area contributed by atoms with Crippen LogP contribution >= 0.6 is 0 Å². The zero-order valence-corrected chi connectivity index (χ0v) is 17.3. The number of Topliss-reactive ketones (excluding diaryl/α,β-unsaturated/α-hetero) is 1. The fourth-order valence-corrected chi connectivity index (χ4v) is 3.49. The van der Waals surface area contributed by atoms with Gasteiger partial charge in [0.05, 0.1) is 6.61 Å². The van der Waals surface area contributed by atoms with Crippen LogP contribution in [0.25, 0.3) is 0 Å². The molecule has 158 valence electrons. The molecular weight excluding hydrogens is 380 g/mol. The molecular formula is C24H28N2O4. The minimum absolute atomic E-state index is 0.0237. The number of carbonyl (C=O) groups is 3. The van der Waals surface area contributed by atoms with E-state index < -0.39 is 0 Å². The normalized spacial score (nSPS) is 14.2. The summed E-state index contributed by atoms with van der Waals surface area (Å²) in [6.45, 7) is 3.30. The summed E-state index contributed by atoms with van der Waals surface area (Å²) in [5, 5.41) is 3.06. The summed E-state index contributed by atoms with van der Waals surface area (Å²) in [4.78, 5) is 37.8. The van der Waals surface area contributed by atoms with Gasteiger partial charge in [0, 0.05) is 36.7 Å². The van der Waals surface area contributed by atoms with E-state index in [1.807, 2.05) is 23.1 Å². The number of carbonyl (C=O) groups excluding carboxylic acids is 3. The number of amides is 2. The molecule has 0 spiro atoms. The standard InChI is InChI=1S/C24H28N2O4/c1-18(27)19-9-11-22(12-10-19)30-17-5-8-23(28)26-15-13-21(14-16-26)25-24(29)20-6-3-2-4-7-20/h2-4,6-7,9-12,21H,5,8,13-17H2,1H3,(H,25,29). The lowest BCUT2D eigenvalue weighted by atomic mass is 10.0. The van der Waals surface area contributed by atoms with E-state index in [2.05, 4.69) is 5.32 Å². The Bertz CT molecular complexity index is 857. The third-order valence-corrected chi connectivity index (χ3v) is 5.28. The number of ketones is 1. The van der Waals surface area contributed by atoms with Gasteiger partial charge in [0.2, 0.25) is 5.91 Å². The fourth-order valence-electron chi connectivity index (χ4n) is 3.49. The molecule has 1 fully saturated rings. The van der Waals surface area contributed by atoms with Crippen molar-refractivity contribution in [1.82, 2.24) is 10.2 Å². The SMILES string of the molecule is CC(=O)c1ccc(OCCCC(=O)N2CCC(NC(=O)c3ccccc3)CC2)cc1. The number of nitrogens with one attached hydrogen (secondary N) is 1. The molecule has 1 heterocycles. The lowest BCUT2D eigenvalue weighted by molar-refractivity contribution is -0.132. The van der Waals surface area contributed by atoms with Crippen molar-refractivity contribution in [2.45, 2.75) is 38.6 Å². The Balaban J connectivity index is 1.33. The maximum absolute atomic E-state index is 12.4. The molecule has 0 atom stereocenters. The first kappa shape index (κ1) is 21.6. The number of benzene rings is 2. The Morgan fingerprint density at radius 1 is 0.967 bits per heavy atom. The lowest BCUT2D eigenvalue weighted by Crippen LogP contribution is -2.46. The van der Waals surface area contributed by atoms with Gasteiger partial charge in [-0.1, -0.05) is 18.2 Å². The van der Waals surface area contributed by atoms with Gasteiger partial charge in [0.1, 0.15) is 5.75 Å². The smallest absolute Gasteiger partial charge is 0.251 e. The van der Waals surface area contributed by atoms with Crippen molar-refractivity contribution in [1.29, 1.82) is 0 Å². The van der Waals surface area contributed by atoms with Crippen LogP contribution < -0.4 is 10.1 Å². The summed E-state index contributed by atoms with van der Waals surface area (Å²) in [5.74, 6) is 0.783. The largest absolute Gasteiger partial charge is 0.494 e. The van der Waals surface area contributed by atoms with E-state index in [0.29, 0.717) is 49.4 Å². The van der Waals surface area contributed by atoms with Gasteiger partial charge in [-0.2, -0.15) is 0 Å². The van der Waals surface area contributed by atoms with Crippen LogP contribution in [0.5, 0.6) is 5.75 Å². The second-order valence-corrected chi connectivity index (χ2v) is 7.53. The fraction of sp³-hybridized carbons (Fsp3) is 0.375. The van der Waals surface area contributed by atoms with Crippen molar-refractivity contribution in [3.05, 3.63) is 65.7 Å². The van der Waals surface area contributed by atoms with Gasteiger partial charge in [0.25, 0.3) is 5.91 Å². The van der Waals surface area contributed by atoms with Crippen molar-refractivity contribution >= 4 is 17.6 Å². The van der Waals surface area contributed by atoms with Crippen LogP contribution in [0, 0.1) is 0 Å². The van der Waals surface area contributed by atoms with Crippen LogP contribution in [-0.4, -0.2) is 48.2 Å². The molecule has 6 heteroatoms. The van der Waals surface area contributed by atoms with Gasteiger partial charge in [0.15, 0.2) is 5.78 Å². The topological polar surface area (TPSA) is 75.7 Å². The van der Waals surface area contributed by atoms with Gasteiger partial charge in [-0.05, 0) is 62.6 Å². The van der Waals surface area contributed by atoms with Crippen molar-refractivity contribution in [2.24, 2.45) is 0 Å². The number of ether oxygens (including phenoxy) is 1. The van der Waals surface area contributed by atoms with E-state index in [1.54, 1.807) is 36.4 Å². The monoisotopic (exact) mass is 408 g/mol. The Kier molecular flexibility index (Phi) is 7.60. The second-order valence-electron chi connectivity index (χ2n) is 7.53. The van der Waals surface area contributed by atoms with Gasteiger partial charge in [-0.25, -0.2) is 0 Å². The average molecular weight is 408 g/mol. The molecule has 3 rings (SSSR count). The highest BCUT2D eigenvalue weighted by atomic mass is 16.5. The number of nitrogens with zero attached hydrogens (tertiary/aromatic N) is 1. The second kappa shape index (κ2) is 10.6. The Labute approximate surface area is 177 Å². The summed E-state index contributed by atoms with van der Waals surface area (Å²) < 4.78 is 5.65. The average Bonchev–Trinajstić information content (AvgIpc) is 2.78. The number of hydrogen-bond donors (Lipinski definition) is 1. The first-order valence-corrected chi connectivity index (χ1v) is 10.4. The number of hydrogen-bond acceptors (Lipinski definition) is 4. The molecule has 0 aliphatic carbocycles. The molecule has 6 nitrogen and oxygen atoms in total. The van der Waals surface area contributed by atoms with Gasteiger partial charge in [-0.3, -0.25) is 14.4 Å². The number of rotatable bonds is 8. The molecule has 0 saturated carbocycles.